The van der Waals surface area contributed by atoms with Crippen LogP contribution in [0.15, 0.2) is 24.3 Å². The molecule has 0 aromatic heterocycles. The zero-order chi connectivity index (χ0) is 25.3. The molecule has 1 aromatic carbocycles. The average molecular weight is 506 g/mol. The van der Waals surface area contributed by atoms with Crippen LogP contribution in [0.1, 0.15) is 121 Å². The van der Waals surface area contributed by atoms with Crippen molar-refractivity contribution >= 4 is 23.4 Å². The van der Waals surface area contributed by atoms with Crippen molar-refractivity contribution in [2.45, 2.75) is 127 Å². The van der Waals surface area contributed by atoms with Gasteiger partial charge in [-0.15, -0.1) is 11.8 Å². The molecule has 0 spiro atoms. The van der Waals surface area contributed by atoms with Gasteiger partial charge >= 0.3 is 0 Å². The summed E-state index contributed by atoms with van der Waals surface area (Å²) in [4.78, 5) is 22.2. The van der Waals surface area contributed by atoms with Crippen LogP contribution in [0, 0.1) is 10.1 Å². The first kappa shape index (κ1) is 29.6. The molecule has 3 unspecified atom stereocenters. The van der Waals surface area contributed by atoms with Crippen molar-refractivity contribution in [3.8, 4) is 0 Å². The predicted molar refractivity (Wildman–Crippen MR) is 148 cm³/mol. The highest BCUT2D eigenvalue weighted by Crippen LogP contribution is 2.34. The Labute approximate surface area is 216 Å². The first-order chi connectivity index (χ1) is 17.0. The monoisotopic (exact) mass is 505 g/mol. The van der Waals surface area contributed by atoms with Gasteiger partial charge in [0.15, 0.2) is 0 Å². The lowest BCUT2D eigenvalue weighted by Gasteiger charge is -2.21. The Balaban J connectivity index is 1.65. The summed E-state index contributed by atoms with van der Waals surface area (Å²) in [6.45, 7) is 2.27. The Morgan fingerprint density at radius 2 is 1.49 bits per heavy atom. The van der Waals surface area contributed by atoms with E-state index in [1.54, 1.807) is 23.9 Å². The van der Waals surface area contributed by atoms with Gasteiger partial charge in [-0.05, 0) is 24.3 Å². The van der Waals surface area contributed by atoms with Crippen LogP contribution in [0.4, 0.5) is 5.69 Å². The number of amides is 1. The van der Waals surface area contributed by atoms with E-state index in [-0.39, 0.29) is 27.9 Å². The van der Waals surface area contributed by atoms with E-state index < -0.39 is 0 Å². The summed E-state index contributed by atoms with van der Waals surface area (Å²) in [5.41, 5.74) is 6.74. The summed E-state index contributed by atoms with van der Waals surface area (Å²) in [7, 11) is 0. The highest BCUT2D eigenvalue weighted by atomic mass is 32.2. The highest BCUT2D eigenvalue weighted by molar-refractivity contribution is 8.00. The second-order valence-electron chi connectivity index (χ2n) is 10.1. The number of unbranched alkanes of at least 4 members (excludes halogenated alkanes) is 13. The molecule has 3 atom stereocenters. The molecule has 1 fully saturated rings. The number of non-ortho nitro benzene ring substituents is 1. The van der Waals surface area contributed by atoms with Crippen molar-refractivity contribution < 1.29 is 9.72 Å². The van der Waals surface area contributed by atoms with Crippen LogP contribution in [-0.4, -0.2) is 28.0 Å². The normalized spacial score (nSPS) is 18.5. The minimum atomic E-state index is -0.349. The molecule has 35 heavy (non-hydrogen) atoms. The number of hydrogen-bond acceptors (Lipinski definition) is 5. The lowest BCUT2D eigenvalue weighted by Crippen LogP contribution is -2.41. The van der Waals surface area contributed by atoms with E-state index in [1.165, 1.54) is 83.5 Å². The number of nitrogens with one attached hydrogen (secondary N) is 1. The predicted octanol–water partition coefficient (Wildman–Crippen LogP) is 7.46. The number of carbonyl (C=O) groups excluding carboxylic acids is 1. The molecule has 0 radical (unpaired) electrons. The third-order valence-corrected chi connectivity index (χ3v) is 8.43. The number of nitrogens with two attached hydrogens (primary N) is 1. The van der Waals surface area contributed by atoms with Crippen molar-refractivity contribution in [2.24, 2.45) is 5.73 Å². The fraction of sp³-hybridized carbons (Fsp3) is 0.750. The Morgan fingerprint density at radius 1 is 0.971 bits per heavy atom. The van der Waals surface area contributed by atoms with Gasteiger partial charge < -0.3 is 5.73 Å². The summed E-state index contributed by atoms with van der Waals surface area (Å²) in [6.07, 6.45) is 20.8. The van der Waals surface area contributed by atoms with Crippen molar-refractivity contribution in [3.63, 3.8) is 0 Å². The first-order valence-corrected chi connectivity index (χ1v) is 15.0. The molecule has 1 heterocycles. The summed E-state index contributed by atoms with van der Waals surface area (Å²) >= 11 is 1.75. The summed E-state index contributed by atoms with van der Waals surface area (Å²) < 4.78 is 0. The second kappa shape index (κ2) is 17.8. The van der Waals surface area contributed by atoms with Gasteiger partial charge in [-0.3, -0.25) is 20.2 Å². The number of carbonyl (C=O) groups is 1. The molecule has 2 rings (SSSR count). The zero-order valence-corrected chi connectivity index (χ0v) is 22.5. The van der Waals surface area contributed by atoms with E-state index in [1.807, 2.05) is 12.1 Å². The first-order valence-electron chi connectivity index (χ1n) is 13.9. The molecule has 1 saturated heterocycles. The van der Waals surface area contributed by atoms with Crippen LogP contribution in [0.25, 0.3) is 0 Å². The second-order valence-corrected chi connectivity index (χ2v) is 11.3. The van der Waals surface area contributed by atoms with Gasteiger partial charge in [0.05, 0.1) is 16.3 Å². The van der Waals surface area contributed by atoms with E-state index in [0.717, 1.165) is 24.8 Å². The molecule has 1 aliphatic rings. The maximum atomic E-state index is 11.5. The largest absolute Gasteiger partial charge is 0.368 e. The lowest BCUT2D eigenvalue weighted by molar-refractivity contribution is -0.384. The average Bonchev–Trinajstić information content (AvgIpc) is 3.32. The highest BCUT2D eigenvalue weighted by Gasteiger charge is 2.30. The minimum absolute atomic E-state index is 0.131. The molecular weight excluding hydrogens is 458 g/mol. The van der Waals surface area contributed by atoms with Gasteiger partial charge in [0.25, 0.3) is 5.69 Å². The molecule has 3 N–H and O–H groups in total. The number of hydrogen-bond donors (Lipinski definition) is 2. The van der Waals surface area contributed by atoms with Crippen LogP contribution in [0.5, 0.6) is 0 Å². The molecule has 7 heteroatoms. The summed E-state index contributed by atoms with van der Waals surface area (Å²) in [5.74, 6) is 0.745. The van der Waals surface area contributed by atoms with Gasteiger partial charge in [-0.25, -0.2) is 0 Å². The Kier molecular flexibility index (Phi) is 15.0. The van der Waals surface area contributed by atoms with Gasteiger partial charge in [-0.1, -0.05) is 109 Å². The number of benzene rings is 1. The van der Waals surface area contributed by atoms with Gasteiger partial charge in [0.2, 0.25) is 5.91 Å². The third-order valence-electron chi connectivity index (χ3n) is 7.17. The van der Waals surface area contributed by atoms with Crippen LogP contribution in [0.2, 0.25) is 0 Å². The van der Waals surface area contributed by atoms with E-state index in [9.17, 15) is 14.9 Å². The number of nitro benzene ring substituents is 1. The van der Waals surface area contributed by atoms with Crippen LogP contribution < -0.4 is 11.1 Å². The van der Waals surface area contributed by atoms with Crippen LogP contribution in [0.3, 0.4) is 0 Å². The number of nitro groups is 1. The van der Waals surface area contributed by atoms with Crippen LogP contribution >= 0.6 is 11.8 Å². The lowest BCUT2D eigenvalue weighted by atomic mass is 9.89. The third kappa shape index (κ3) is 12.3. The number of thioether (sulfide) groups is 1. The molecule has 198 valence electrons. The minimum Gasteiger partial charge on any atom is -0.368 e. The van der Waals surface area contributed by atoms with Crippen molar-refractivity contribution in [1.82, 2.24) is 5.32 Å². The zero-order valence-electron chi connectivity index (χ0n) is 21.7. The maximum Gasteiger partial charge on any atom is 0.269 e. The van der Waals surface area contributed by atoms with E-state index in [2.05, 4.69) is 12.2 Å². The molecule has 0 aliphatic carbocycles. The van der Waals surface area contributed by atoms with Crippen molar-refractivity contribution in [3.05, 3.63) is 39.9 Å². The van der Waals surface area contributed by atoms with Crippen molar-refractivity contribution in [1.29, 1.82) is 0 Å². The number of primary amides is 1. The standard InChI is InChI=1S/C28H47N3O3S/c1-2-3-4-5-6-7-8-9-10-11-12-13-14-15-16-24(21-27-30-26(22-35-27)28(29)32)23-17-19-25(20-18-23)31(33)34/h17-20,24,26-27,30H,2-16,21-22H2,1H3,(H2,29,32). The summed E-state index contributed by atoms with van der Waals surface area (Å²) in [6, 6.07) is 6.75. The molecule has 0 bridgehead atoms. The van der Waals surface area contributed by atoms with E-state index in [0.29, 0.717) is 11.7 Å². The van der Waals surface area contributed by atoms with E-state index in [4.69, 9.17) is 5.73 Å². The topological polar surface area (TPSA) is 98.3 Å². The Hall–Kier alpha value is -1.60. The number of rotatable bonds is 20. The molecule has 1 aromatic rings. The Morgan fingerprint density at radius 3 is 1.94 bits per heavy atom. The SMILES string of the molecule is CCCCCCCCCCCCCCCCC(CC1NC(C(N)=O)CS1)c1ccc([N+](=O)[O-])cc1. The van der Waals surface area contributed by atoms with Crippen molar-refractivity contribution in [2.75, 3.05) is 5.75 Å². The smallest absolute Gasteiger partial charge is 0.269 e. The molecule has 1 aliphatic heterocycles. The molecule has 6 nitrogen and oxygen atoms in total. The van der Waals surface area contributed by atoms with E-state index >= 15 is 0 Å². The molecule has 0 saturated carbocycles. The number of nitrogens with zero attached hydrogens (tertiary/aromatic N) is 1. The maximum absolute atomic E-state index is 11.5. The fourth-order valence-corrected chi connectivity index (χ4v) is 6.28. The fourth-order valence-electron chi connectivity index (χ4n) is 4.97. The molecule has 1 amide bonds. The van der Waals surface area contributed by atoms with Crippen LogP contribution in [-0.2, 0) is 4.79 Å². The van der Waals surface area contributed by atoms with Gasteiger partial charge in [0.1, 0.15) is 0 Å². The summed E-state index contributed by atoms with van der Waals surface area (Å²) in [5, 5.41) is 14.6. The quantitative estimate of drug-likeness (QED) is 0.109. The van der Waals surface area contributed by atoms with Gasteiger partial charge in [-0.2, -0.15) is 0 Å². The Bertz CT molecular complexity index is 729. The van der Waals surface area contributed by atoms with Gasteiger partial charge in [0, 0.05) is 17.9 Å². The molecular formula is C28H47N3O3S.